The maximum Gasteiger partial charge on any atom is 0.341 e. The molecule has 0 unspecified atom stereocenters. The van der Waals surface area contributed by atoms with Gasteiger partial charge in [-0.15, -0.1) is 0 Å². The number of carbonyl (C=O) groups is 1. The summed E-state index contributed by atoms with van der Waals surface area (Å²) in [6, 6.07) is 6.21. The summed E-state index contributed by atoms with van der Waals surface area (Å²) >= 11 is 5.82. The normalized spacial score (nSPS) is 10.5. The van der Waals surface area contributed by atoms with Crippen LogP contribution in [0.1, 0.15) is 10.4 Å². The molecule has 2 N–H and O–H groups in total. The minimum atomic E-state index is -0.681. The first-order valence-corrected chi connectivity index (χ1v) is 5.10. The van der Waals surface area contributed by atoms with Crippen molar-refractivity contribution < 1.29 is 14.7 Å². The van der Waals surface area contributed by atoms with Crippen LogP contribution in [0, 0.1) is 5.41 Å². The largest absolute Gasteiger partial charge is 0.465 e. The van der Waals surface area contributed by atoms with Gasteiger partial charge in [0, 0.05) is 10.4 Å². The highest BCUT2D eigenvalue weighted by molar-refractivity contribution is 6.31. The number of esters is 1. The molecule has 0 radical (unpaired) electrons. The molecule has 6 heteroatoms. The summed E-state index contributed by atoms with van der Waals surface area (Å²) in [7, 11) is 1.21. The lowest BCUT2D eigenvalue weighted by molar-refractivity contribution is 0.0592. The molecule has 88 valence electrons. The quantitative estimate of drug-likeness (QED) is 0.600. The Hall–Kier alpha value is -2.01. The van der Waals surface area contributed by atoms with Crippen LogP contribution in [0.3, 0.4) is 0 Å². The van der Waals surface area contributed by atoms with Crippen molar-refractivity contribution in [2.45, 2.75) is 0 Å². The summed E-state index contributed by atoms with van der Waals surface area (Å²) in [4.78, 5) is 11.4. The van der Waals surface area contributed by atoms with Crippen LogP contribution in [-0.4, -0.2) is 23.0 Å². The van der Waals surface area contributed by atoms with Gasteiger partial charge < -0.3 is 9.94 Å². The highest BCUT2D eigenvalue weighted by Crippen LogP contribution is 2.18. The summed E-state index contributed by atoms with van der Waals surface area (Å²) in [6.07, 6.45) is 0. The monoisotopic (exact) mass is 252 g/mol. The van der Waals surface area contributed by atoms with Gasteiger partial charge in [-0.3, -0.25) is 5.41 Å². The number of fused-ring (bicyclic) bond motifs is 1. The third-order valence-electron chi connectivity index (χ3n) is 2.39. The van der Waals surface area contributed by atoms with Crippen LogP contribution in [0.4, 0.5) is 0 Å². The third kappa shape index (κ3) is 1.85. The predicted molar refractivity (Wildman–Crippen MR) is 61.3 cm³/mol. The number of rotatable bonds is 1. The van der Waals surface area contributed by atoms with Crippen molar-refractivity contribution in [2.24, 2.45) is 0 Å². The Morgan fingerprint density at radius 2 is 2.18 bits per heavy atom. The Bertz CT molecular complexity index is 664. The van der Waals surface area contributed by atoms with Crippen LogP contribution in [0.15, 0.2) is 24.3 Å². The van der Waals surface area contributed by atoms with Crippen molar-refractivity contribution in [1.29, 1.82) is 5.41 Å². The molecular weight excluding hydrogens is 244 g/mol. The second kappa shape index (κ2) is 4.10. The number of hydrogen-bond donors (Lipinski definition) is 2. The molecule has 1 heterocycles. The number of methoxy groups -OCH3 is 1. The topological polar surface area (TPSA) is 75.3 Å². The zero-order chi connectivity index (χ0) is 12.6. The van der Waals surface area contributed by atoms with E-state index in [0.29, 0.717) is 20.7 Å². The fourth-order valence-corrected chi connectivity index (χ4v) is 1.74. The number of benzene rings is 1. The van der Waals surface area contributed by atoms with Gasteiger partial charge in [-0.2, -0.15) is 4.73 Å². The van der Waals surface area contributed by atoms with Crippen molar-refractivity contribution in [2.75, 3.05) is 7.11 Å². The molecule has 2 rings (SSSR count). The van der Waals surface area contributed by atoms with Gasteiger partial charge in [-0.1, -0.05) is 11.6 Å². The van der Waals surface area contributed by atoms with E-state index in [1.807, 2.05) is 0 Å². The molecule has 0 fully saturated rings. The second-order valence-corrected chi connectivity index (χ2v) is 3.85. The molecule has 0 aliphatic carbocycles. The third-order valence-corrected chi connectivity index (χ3v) is 2.62. The maximum absolute atomic E-state index is 11.4. The SMILES string of the molecule is COC(=O)c1cc2cc(Cl)ccc2n(O)c1=N. The fraction of sp³-hybridized carbons (Fsp3) is 0.0909. The molecule has 0 atom stereocenters. The predicted octanol–water partition coefficient (Wildman–Crippen LogP) is 1.80. The van der Waals surface area contributed by atoms with Crippen molar-refractivity contribution in [1.82, 2.24) is 4.73 Å². The van der Waals surface area contributed by atoms with E-state index in [0.717, 1.165) is 0 Å². The lowest BCUT2D eigenvalue weighted by atomic mass is 10.1. The highest BCUT2D eigenvalue weighted by Gasteiger charge is 2.13. The van der Waals surface area contributed by atoms with E-state index in [1.54, 1.807) is 18.2 Å². The standard InChI is InChI=1S/C11H9ClN2O3/c1-17-11(15)8-5-6-4-7(12)2-3-9(6)14(16)10(8)13/h2-5,13,16H,1H3. The molecule has 1 aromatic heterocycles. The fourth-order valence-electron chi connectivity index (χ4n) is 1.56. The van der Waals surface area contributed by atoms with Gasteiger partial charge in [-0.05, 0) is 24.3 Å². The van der Waals surface area contributed by atoms with E-state index in [1.165, 1.54) is 13.2 Å². The first-order chi connectivity index (χ1) is 8.04. The number of nitrogens with one attached hydrogen (secondary N) is 1. The first kappa shape index (κ1) is 11.5. The molecule has 0 spiro atoms. The van der Waals surface area contributed by atoms with Crippen LogP contribution >= 0.6 is 11.6 Å². The molecule has 1 aromatic carbocycles. The number of pyridine rings is 1. The first-order valence-electron chi connectivity index (χ1n) is 4.72. The van der Waals surface area contributed by atoms with Crippen LogP contribution < -0.4 is 5.49 Å². The van der Waals surface area contributed by atoms with Crippen molar-refractivity contribution in [3.63, 3.8) is 0 Å². The molecule has 17 heavy (non-hydrogen) atoms. The van der Waals surface area contributed by atoms with Gasteiger partial charge in [0.15, 0.2) is 5.49 Å². The summed E-state index contributed by atoms with van der Waals surface area (Å²) in [5.74, 6) is -0.681. The molecule has 0 amide bonds. The van der Waals surface area contributed by atoms with E-state index in [9.17, 15) is 10.0 Å². The Morgan fingerprint density at radius 3 is 2.82 bits per heavy atom. The second-order valence-electron chi connectivity index (χ2n) is 3.41. The maximum atomic E-state index is 11.4. The van der Waals surface area contributed by atoms with Crippen molar-refractivity contribution >= 4 is 28.5 Å². The van der Waals surface area contributed by atoms with Crippen LogP contribution in [0.5, 0.6) is 0 Å². The average molecular weight is 253 g/mol. The Morgan fingerprint density at radius 1 is 1.47 bits per heavy atom. The molecule has 0 bridgehead atoms. The lowest BCUT2D eigenvalue weighted by Crippen LogP contribution is -2.26. The minimum Gasteiger partial charge on any atom is -0.465 e. The van der Waals surface area contributed by atoms with Crippen molar-refractivity contribution in [3.05, 3.63) is 40.3 Å². The zero-order valence-electron chi connectivity index (χ0n) is 8.90. The Kier molecular flexibility index (Phi) is 2.77. The van der Waals surface area contributed by atoms with Gasteiger partial charge in [0.2, 0.25) is 0 Å². The Labute approximate surface area is 101 Å². The molecule has 0 aliphatic rings. The molecule has 2 aromatic rings. The van der Waals surface area contributed by atoms with Crippen LogP contribution in [-0.2, 0) is 4.74 Å². The highest BCUT2D eigenvalue weighted by atomic mass is 35.5. The van der Waals surface area contributed by atoms with Gasteiger partial charge in [-0.25, -0.2) is 4.79 Å². The summed E-state index contributed by atoms with van der Waals surface area (Å²) < 4.78 is 5.16. The number of aromatic nitrogens is 1. The number of hydrogen-bond acceptors (Lipinski definition) is 4. The number of carbonyl (C=O) groups excluding carboxylic acids is 1. The number of ether oxygens (including phenoxy) is 1. The van der Waals surface area contributed by atoms with E-state index >= 15 is 0 Å². The summed E-state index contributed by atoms with van der Waals surface area (Å²) in [5.41, 5.74) is 0.0449. The van der Waals surface area contributed by atoms with Gasteiger partial charge in [0.05, 0.1) is 12.6 Å². The van der Waals surface area contributed by atoms with E-state index in [-0.39, 0.29) is 11.1 Å². The van der Waals surface area contributed by atoms with Crippen molar-refractivity contribution in [3.8, 4) is 0 Å². The zero-order valence-corrected chi connectivity index (χ0v) is 9.65. The summed E-state index contributed by atoms with van der Waals surface area (Å²) in [6.45, 7) is 0. The van der Waals surface area contributed by atoms with E-state index < -0.39 is 5.97 Å². The molecule has 0 saturated heterocycles. The van der Waals surface area contributed by atoms with Gasteiger partial charge in [0.25, 0.3) is 0 Å². The molecule has 0 aliphatic heterocycles. The van der Waals surface area contributed by atoms with Crippen LogP contribution in [0.25, 0.3) is 10.9 Å². The van der Waals surface area contributed by atoms with Gasteiger partial charge >= 0.3 is 5.97 Å². The number of halogens is 1. The van der Waals surface area contributed by atoms with E-state index in [2.05, 4.69) is 4.74 Å². The lowest BCUT2D eigenvalue weighted by Gasteiger charge is -2.07. The van der Waals surface area contributed by atoms with E-state index in [4.69, 9.17) is 17.0 Å². The molecular formula is C11H9ClN2O3. The molecule has 0 saturated carbocycles. The Balaban J connectivity index is 2.85. The smallest absolute Gasteiger partial charge is 0.341 e. The molecule has 5 nitrogen and oxygen atoms in total. The van der Waals surface area contributed by atoms with Crippen LogP contribution in [0.2, 0.25) is 5.02 Å². The number of nitrogens with zero attached hydrogens (tertiary/aromatic N) is 1. The van der Waals surface area contributed by atoms with Gasteiger partial charge in [0.1, 0.15) is 5.56 Å². The summed E-state index contributed by atoms with van der Waals surface area (Å²) in [5, 5.41) is 18.4. The minimum absolute atomic E-state index is 0.0234. The average Bonchev–Trinajstić information content (AvgIpc) is 2.32.